The Morgan fingerprint density at radius 1 is 1.21 bits per heavy atom. The van der Waals surface area contributed by atoms with E-state index in [0.717, 1.165) is 31.8 Å². The van der Waals surface area contributed by atoms with Crippen molar-refractivity contribution in [3.8, 4) is 0 Å². The fraction of sp³-hybridized carbons (Fsp3) is 0.312. The number of hydrogen-bond donors (Lipinski definition) is 1. The largest absolute Gasteiger partial charge is 0.366 e. The van der Waals surface area contributed by atoms with Crippen molar-refractivity contribution in [3.05, 3.63) is 52.7 Å². The first-order valence-electron chi connectivity index (χ1n) is 7.86. The Hall–Kier alpha value is -3.03. The number of benzene rings is 1. The second kappa shape index (κ2) is 5.88. The normalized spacial score (nSPS) is 15.8. The van der Waals surface area contributed by atoms with Gasteiger partial charge in [-0.1, -0.05) is 0 Å². The van der Waals surface area contributed by atoms with Gasteiger partial charge in [0.1, 0.15) is 17.8 Å². The number of aromatic nitrogens is 4. The van der Waals surface area contributed by atoms with Crippen molar-refractivity contribution >= 4 is 22.3 Å². The maximum Gasteiger partial charge on any atom is 0.301 e. The molecule has 0 radical (unpaired) electrons. The van der Waals surface area contributed by atoms with Crippen LogP contribution in [0.15, 0.2) is 36.8 Å². The van der Waals surface area contributed by atoms with Crippen LogP contribution in [0.4, 0.5) is 11.4 Å². The molecule has 0 saturated carbocycles. The van der Waals surface area contributed by atoms with E-state index in [4.69, 9.17) is 0 Å². The molecule has 0 bridgehead atoms. The van der Waals surface area contributed by atoms with Crippen LogP contribution < -0.4 is 4.90 Å². The molecule has 0 aliphatic carbocycles. The highest BCUT2D eigenvalue weighted by atomic mass is 16.6. The minimum absolute atomic E-state index is 0.138. The van der Waals surface area contributed by atoms with E-state index >= 15 is 0 Å². The third-order valence-electron chi connectivity index (χ3n) is 4.57. The van der Waals surface area contributed by atoms with Gasteiger partial charge >= 0.3 is 5.69 Å². The molecule has 3 heterocycles. The first-order valence-corrected chi connectivity index (χ1v) is 7.86. The number of nitrogens with zero attached hydrogens (tertiary/aromatic N) is 5. The minimum Gasteiger partial charge on any atom is -0.366 e. The summed E-state index contributed by atoms with van der Waals surface area (Å²) in [6.07, 6.45) is 4.94. The van der Waals surface area contributed by atoms with E-state index in [1.165, 1.54) is 6.33 Å². The third kappa shape index (κ3) is 2.45. The van der Waals surface area contributed by atoms with Gasteiger partial charge in [-0.25, -0.2) is 4.98 Å². The lowest BCUT2D eigenvalue weighted by Gasteiger charge is -2.32. The molecule has 1 N–H and O–H groups in total. The molecule has 8 nitrogen and oxygen atoms in total. The monoisotopic (exact) mass is 324 g/mol. The van der Waals surface area contributed by atoms with Crippen LogP contribution in [0.1, 0.15) is 24.6 Å². The van der Waals surface area contributed by atoms with E-state index in [1.54, 1.807) is 18.3 Å². The Balaban J connectivity index is 1.65. The maximum atomic E-state index is 11.7. The number of nitrogens with one attached hydrogen (secondary N) is 1. The number of aromatic amines is 1. The summed E-state index contributed by atoms with van der Waals surface area (Å²) in [6.45, 7) is 1.50. The third-order valence-corrected chi connectivity index (χ3v) is 4.57. The summed E-state index contributed by atoms with van der Waals surface area (Å²) in [4.78, 5) is 21.9. The quantitative estimate of drug-likeness (QED) is 0.587. The van der Waals surface area contributed by atoms with Crippen LogP contribution in [0.3, 0.4) is 0 Å². The fourth-order valence-corrected chi connectivity index (χ4v) is 3.38. The molecular formula is C16H16N6O2. The van der Waals surface area contributed by atoms with Crippen molar-refractivity contribution in [1.29, 1.82) is 0 Å². The van der Waals surface area contributed by atoms with Crippen molar-refractivity contribution in [2.24, 2.45) is 0 Å². The standard InChI is InChI=1S/C16H16N6O2/c23-22(24)15-12-2-1-7-17-13(12)3-4-14(15)21-8-5-11(6-9-21)16-18-10-19-20-16/h1-4,7,10-11H,5-6,8-9H2,(H,18,19,20). The van der Waals surface area contributed by atoms with Gasteiger partial charge in [-0.3, -0.25) is 20.2 Å². The molecule has 2 aromatic heterocycles. The molecule has 0 unspecified atom stereocenters. The summed E-state index contributed by atoms with van der Waals surface area (Å²) in [7, 11) is 0. The zero-order valence-corrected chi connectivity index (χ0v) is 12.9. The van der Waals surface area contributed by atoms with Gasteiger partial charge in [0.05, 0.1) is 15.8 Å². The predicted molar refractivity (Wildman–Crippen MR) is 89.0 cm³/mol. The number of piperidine rings is 1. The van der Waals surface area contributed by atoms with E-state index in [-0.39, 0.29) is 10.6 Å². The number of anilines is 1. The Kier molecular flexibility index (Phi) is 3.56. The average Bonchev–Trinajstić information content (AvgIpc) is 3.15. The molecule has 0 amide bonds. The van der Waals surface area contributed by atoms with E-state index in [1.807, 2.05) is 12.1 Å². The molecular weight excluding hydrogens is 308 g/mol. The van der Waals surface area contributed by atoms with Crippen molar-refractivity contribution in [1.82, 2.24) is 20.2 Å². The van der Waals surface area contributed by atoms with Gasteiger partial charge < -0.3 is 4.90 Å². The smallest absolute Gasteiger partial charge is 0.301 e. The van der Waals surface area contributed by atoms with Crippen LogP contribution in [-0.2, 0) is 0 Å². The summed E-state index contributed by atoms with van der Waals surface area (Å²) >= 11 is 0. The molecule has 3 aromatic rings. The van der Waals surface area contributed by atoms with Gasteiger partial charge in [-0.2, -0.15) is 5.10 Å². The van der Waals surface area contributed by atoms with E-state index < -0.39 is 0 Å². The lowest BCUT2D eigenvalue weighted by atomic mass is 9.95. The Bertz CT molecular complexity index is 871. The van der Waals surface area contributed by atoms with Gasteiger partial charge in [0.2, 0.25) is 0 Å². The lowest BCUT2D eigenvalue weighted by Crippen LogP contribution is -2.33. The van der Waals surface area contributed by atoms with Gasteiger partial charge in [0.15, 0.2) is 0 Å². The van der Waals surface area contributed by atoms with Crippen LogP contribution >= 0.6 is 0 Å². The Morgan fingerprint density at radius 3 is 2.75 bits per heavy atom. The Morgan fingerprint density at radius 2 is 2.04 bits per heavy atom. The Labute approximate surface area is 137 Å². The van der Waals surface area contributed by atoms with Crippen LogP contribution in [0.25, 0.3) is 10.9 Å². The van der Waals surface area contributed by atoms with Crippen LogP contribution in [0.2, 0.25) is 0 Å². The fourth-order valence-electron chi connectivity index (χ4n) is 3.38. The number of nitro groups is 1. The second-order valence-corrected chi connectivity index (χ2v) is 5.89. The molecule has 1 fully saturated rings. The molecule has 1 aliphatic rings. The van der Waals surface area contributed by atoms with Crippen molar-refractivity contribution in [2.75, 3.05) is 18.0 Å². The number of fused-ring (bicyclic) bond motifs is 1. The highest BCUT2D eigenvalue weighted by Crippen LogP contribution is 2.37. The zero-order chi connectivity index (χ0) is 16.5. The zero-order valence-electron chi connectivity index (χ0n) is 12.9. The van der Waals surface area contributed by atoms with Crippen LogP contribution in [-0.4, -0.2) is 38.2 Å². The second-order valence-electron chi connectivity index (χ2n) is 5.89. The highest BCUT2D eigenvalue weighted by molar-refractivity contribution is 5.94. The number of pyridine rings is 1. The minimum atomic E-state index is -0.304. The number of hydrogen-bond acceptors (Lipinski definition) is 6. The molecule has 8 heteroatoms. The molecule has 122 valence electrons. The summed E-state index contributed by atoms with van der Waals surface area (Å²) in [5, 5.41) is 19.1. The number of rotatable bonds is 3. The van der Waals surface area contributed by atoms with Crippen LogP contribution in [0, 0.1) is 10.1 Å². The van der Waals surface area contributed by atoms with Crippen molar-refractivity contribution in [2.45, 2.75) is 18.8 Å². The first-order chi connectivity index (χ1) is 11.7. The van der Waals surface area contributed by atoms with Gasteiger partial charge in [-0.15, -0.1) is 0 Å². The maximum absolute atomic E-state index is 11.7. The molecule has 1 aromatic carbocycles. The molecule has 4 rings (SSSR count). The highest BCUT2D eigenvalue weighted by Gasteiger charge is 2.28. The van der Waals surface area contributed by atoms with Crippen LogP contribution in [0.5, 0.6) is 0 Å². The van der Waals surface area contributed by atoms with Gasteiger partial charge in [0.25, 0.3) is 0 Å². The summed E-state index contributed by atoms with van der Waals surface area (Å²) in [5.41, 5.74) is 1.44. The van der Waals surface area contributed by atoms with E-state index in [9.17, 15) is 10.1 Å². The number of nitro benzene ring substituents is 1. The molecule has 1 saturated heterocycles. The molecule has 24 heavy (non-hydrogen) atoms. The SMILES string of the molecule is O=[N+]([O-])c1c(N2CCC(c3ncn[nH]3)CC2)ccc2ncccc12. The summed E-state index contributed by atoms with van der Waals surface area (Å²) in [5.74, 6) is 1.22. The first kappa shape index (κ1) is 14.6. The summed E-state index contributed by atoms with van der Waals surface area (Å²) in [6, 6.07) is 7.14. The van der Waals surface area contributed by atoms with Gasteiger partial charge in [-0.05, 0) is 37.1 Å². The van der Waals surface area contributed by atoms with Crippen molar-refractivity contribution in [3.63, 3.8) is 0 Å². The topological polar surface area (TPSA) is 101 Å². The van der Waals surface area contributed by atoms with Gasteiger partial charge in [0, 0.05) is 25.2 Å². The van der Waals surface area contributed by atoms with E-state index in [2.05, 4.69) is 25.1 Å². The molecule has 0 atom stereocenters. The predicted octanol–water partition coefficient (Wildman–Crippen LogP) is 2.65. The van der Waals surface area contributed by atoms with Crippen molar-refractivity contribution < 1.29 is 4.92 Å². The summed E-state index contributed by atoms with van der Waals surface area (Å²) < 4.78 is 0. The van der Waals surface area contributed by atoms with E-state index in [0.29, 0.717) is 22.5 Å². The molecule has 1 aliphatic heterocycles. The molecule has 0 spiro atoms. The average molecular weight is 324 g/mol. The number of H-pyrrole nitrogens is 1. The lowest BCUT2D eigenvalue weighted by molar-refractivity contribution is -0.382.